The van der Waals surface area contributed by atoms with Gasteiger partial charge in [-0.1, -0.05) is 47.1 Å². The number of para-hydroxylation sites is 2. The highest BCUT2D eigenvalue weighted by Crippen LogP contribution is 2.26. The Morgan fingerprint density at radius 3 is 2.53 bits per heavy atom. The summed E-state index contributed by atoms with van der Waals surface area (Å²) >= 11 is 3.47. The number of aryl methyl sites for hydroxylation is 1. The molecule has 0 N–H and O–H groups in total. The zero-order chi connectivity index (χ0) is 13.2. The van der Waals surface area contributed by atoms with E-state index in [9.17, 15) is 0 Å². The summed E-state index contributed by atoms with van der Waals surface area (Å²) in [6.45, 7) is 3.19. The SMILES string of the molecule is CCCn1c(-c2ccc(Br)cc2)nc2ccccc21. The van der Waals surface area contributed by atoms with Gasteiger partial charge in [0.2, 0.25) is 0 Å². The summed E-state index contributed by atoms with van der Waals surface area (Å²) in [4.78, 5) is 4.78. The van der Waals surface area contributed by atoms with Gasteiger partial charge >= 0.3 is 0 Å². The smallest absolute Gasteiger partial charge is 0.141 e. The number of imidazole rings is 1. The maximum absolute atomic E-state index is 4.78. The highest BCUT2D eigenvalue weighted by Gasteiger charge is 2.11. The summed E-state index contributed by atoms with van der Waals surface area (Å²) in [5, 5.41) is 0. The van der Waals surface area contributed by atoms with E-state index in [0.717, 1.165) is 34.3 Å². The maximum atomic E-state index is 4.78. The number of nitrogens with zero attached hydrogens (tertiary/aromatic N) is 2. The lowest BCUT2D eigenvalue weighted by Gasteiger charge is -2.07. The van der Waals surface area contributed by atoms with Gasteiger partial charge in [0.25, 0.3) is 0 Å². The van der Waals surface area contributed by atoms with Gasteiger partial charge in [-0.25, -0.2) is 4.98 Å². The summed E-state index contributed by atoms with van der Waals surface area (Å²) in [5.41, 5.74) is 3.43. The predicted octanol–water partition coefficient (Wildman–Crippen LogP) is 4.88. The summed E-state index contributed by atoms with van der Waals surface area (Å²) in [5.74, 6) is 1.05. The number of fused-ring (bicyclic) bond motifs is 1. The number of hydrogen-bond donors (Lipinski definition) is 0. The molecule has 0 unspecified atom stereocenters. The van der Waals surface area contributed by atoms with Crippen LogP contribution in [-0.4, -0.2) is 9.55 Å². The normalized spacial score (nSPS) is 11.1. The Morgan fingerprint density at radius 1 is 1.05 bits per heavy atom. The van der Waals surface area contributed by atoms with E-state index in [1.165, 1.54) is 5.52 Å². The fourth-order valence-electron chi connectivity index (χ4n) is 2.34. The average molecular weight is 315 g/mol. The van der Waals surface area contributed by atoms with E-state index in [1.54, 1.807) is 0 Å². The van der Waals surface area contributed by atoms with E-state index in [4.69, 9.17) is 4.98 Å². The summed E-state index contributed by atoms with van der Waals surface area (Å²) in [6, 6.07) is 16.7. The first-order valence-electron chi connectivity index (χ1n) is 6.51. The van der Waals surface area contributed by atoms with E-state index in [1.807, 2.05) is 6.07 Å². The van der Waals surface area contributed by atoms with Crippen LogP contribution in [0.5, 0.6) is 0 Å². The van der Waals surface area contributed by atoms with Gasteiger partial charge < -0.3 is 4.57 Å². The van der Waals surface area contributed by atoms with E-state index in [2.05, 4.69) is 69.9 Å². The van der Waals surface area contributed by atoms with Crippen LogP contribution in [0.25, 0.3) is 22.4 Å². The zero-order valence-corrected chi connectivity index (χ0v) is 12.4. The third-order valence-corrected chi connectivity index (χ3v) is 3.73. The van der Waals surface area contributed by atoms with Gasteiger partial charge in [-0.05, 0) is 30.7 Å². The van der Waals surface area contributed by atoms with Gasteiger partial charge in [0, 0.05) is 16.6 Å². The first-order chi connectivity index (χ1) is 9.29. The van der Waals surface area contributed by atoms with Gasteiger partial charge in [-0.3, -0.25) is 0 Å². The molecule has 0 fully saturated rings. The summed E-state index contributed by atoms with van der Waals surface area (Å²) in [6.07, 6.45) is 1.10. The molecule has 0 aliphatic heterocycles. The first-order valence-corrected chi connectivity index (χ1v) is 7.30. The lowest BCUT2D eigenvalue weighted by Crippen LogP contribution is -1.99. The van der Waals surface area contributed by atoms with Gasteiger partial charge in [0.1, 0.15) is 5.82 Å². The monoisotopic (exact) mass is 314 g/mol. The number of halogens is 1. The van der Waals surface area contributed by atoms with Crippen molar-refractivity contribution in [3.05, 3.63) is 53.0 Å². The van der Waals surface area contributed by atoms with Gasteiger partial charge in [0.15, 0.2) is 0 Å². The van der Waals surface area contributed by atoms with Crippen LogP contribution >= 0.6 is 15.9 Å². The van der Waals surface area contributed by atoms with Crippen molar-refractivity contribution < 1.29 is 0 Å². The van der Waals surface area contributed by atoms with E-state index in [0.29, 0.717) is 0 Å². The minimum Gasteiger partial charge on any atom is -0.324 e. The van der Waals surface area contributed by atoms with Crippen LogP contribution in [0, 0.1) is 0 Å². The molecule has 0 spiro atoms. The lowest BCUT2D eigenvalue weighted by molar-refractivity contribution is 0.704. The standard InChI is InChI=1S/C16H15BrN2/c1-2-11-19-15-6-4-3-5-14(15)18-16(19)12-7-9-13(17)10-8-12/h3-10H,2,11H2,1H3. The highest BCUT2D eigenvalue weighted by atomic mass is 79.9. The second kappa shape index (κ2) is 5.17. The molecule has 3 heteroatoms. The topological polar surface area (TPSA) is 17.8 Å². The van der Waals surface area contributed by atoms with Crippen LogP contribution in [0.15, 0.2) is 53.0 Å². The molecule has 2 aromatic carbocycles. The Kier molecular flexibility index (Phi) is 3.38. The van der Waals surface area contributed by atoms with Gasteiger partial charge in [-0.15, -0.1) is 0 Å². The lowest BCUT2D eigenvalue weighted by atomic mass is 10.2. The molecule has 0 atom stereocenters. The Labute approximate surface area is 121 Å². The van der Waals surface area contributed by atoms with Crippen LogP contribution in [0.1, 0.15) is 13.3 Å². The molecule has 0 amide bonds. The number of rotatable bonds is 3. The fraction of sp³-hybridized carbons (Fsp3) is 0.188. The third-order valence-electron chi connectivity index (χ3n) is 3.20. The molecule has 19 heavy (non-hydrogen) atoms. The molecule has 0 saturated carbocycles. The Morgan fingerprint density at radius 2 is 1.79 bits per heavy atom. The second-order valence-electron chi connectivity index (χ2n) is 4.58. The minimum absolute atomic E-state index is 0.992. The summed E-state index contributed by atoms with van der Waals surface area (Å²) < 4.78 is 3.40. The van der Waals surface area contributed by atoms with Crippen LogP contribution in [0.4, 0.5) is 0 Å². The van der Waals surface area contributed by atoms with E-state index in [-0.39, 0.29) is 0 Å². The molecule has 0 saturated heterocycles. The molecule has 0 radical (unpaired) electrons. The molecule has 1 aromatic heterocycles. The average Bonchev–Trinajstić information content (AvgIpc) is 2.79. The van der Waals surface area contributed by atoms with Crippen molar-refractivity contribution in [2.45, 2.75) is 19.9 Å². The molecule has 1 heterocycles. The van der Waals surface area contributed by atoms with Crippen molar-refractivity contribution in [1.29, 1.82) is 0 Å². The van der Waals surface area contributed by atoms with Crippen LogP contribution in [-0.2, 0) is 6.54 Å². The molecule has 3 rings (SSSR count). The molecule has 96 valence electrons. The Hall–Kier alpha value is -1.61. The van der Waals surface area contributed by atoms with Crippen molar-refractivity contribution >= 4 is 27.0 Å². The zero-order valence-electron chi connectivity index (χ0n) is 10.8. The van der Waals surface area contributed by atoms with E-state index >= 15 is 0 Å². The fourth-order valence-corrected chi connectivity index (χ4v) is 2.61. The van der Waals surface area contributed by atoms with Gasteiger partial charge in [0.05, 0.1) is 11.0 Å². The van der Waals surface area contributed by atoms with Crippen molar-refractivity contribution in [3.8, 4) is 11.4 Å². The molecular weight excluding hydrogens is 300 g/mol. The van der Waals surface area contributed by atoms with Crippen LogP contribution < -0.4 is 0 Å². The van der Waals surface area contributed by atoms with Crippen molar-refractivity contribution in [1.82, 2.24) is 9.55 Å². The molecule has 2 nitrogen and oxygen atoms in total. The van der Waals surface area contributed by atoms with Crippen LogP contribution in [0.3, 0.4) is 0 Å². The van der Waals surface area contributed by atoms with Crippen molar-refractivity contribution in [2.24, 2.45) is 0 Å². The highest BCUT2D eigenvalue weighted by molar-refractivity contribution is 9.10. The Bertz CT molecular complexity index is 698. The van der Waals surface area contributed by atoms with Gasteiger partial charge in [-0.2, -0.15) is 0 Å². The molecule has 3 aromatic rings. The molecule has 0 bridgehead atoms. The van der Waals surface area contributed by atoms with Crippen LogP contribution in [0.2, 0.25) is 0 Å². The Balaban J connectivity index is 2.21. The molecule has 0 aliphatic rings. The minimum atomic E-state index is 0.992. The number of hydrogen-bond acceptors (Lipinski definition) is 1. The quantitative estimate of drug-likeness (QED) is 0.674. The first kappa shape index (κ1) is 12.4. The van der Waals surface area contributed by atoms with Crippen molar-refractivity contribution in [2.75, 3.05) is 0 Å². The molecular formula is C16H15BrN2. The third kappa shape index (κ3) is 2.30. The molecule has 0 aliphatic carbocycles. The van der Waals surface area contributed by atoms with Crippen molar-refractivity contribution in [3.63, 3.8) is 0 Å². The number of aromatic nitrogens is 2. The maximum Gasteiger partial charge on any atom is 0.141 e. The second-order valence-corrected chi connectivity index (χ2v) is 5.50. The predicted molar refractivity (Wildman–Crippen MR) is 83.2 cm³/mol. The summed E-state index contributed by atoms with van der Waals surface area (Å²) in [7, 11) is 0. The van der Waals surface area contributed by atoms with E-state index < -0.39 is 0 Å². The largest absolute Gasteiger partial charge is 0.324 e. The number of benzene rings is 2.